The van der Waals surface area contributed by atoms with E-state index >= 15 is 0 Å². The number of carbonyl (C=O) groups excluding carboxylic acids is 2. The second-order valence-corrected chi connectivity index (χ2v) is 7.62. The minimum atomic E-state index is -3.80. The lowest BCUT2D eigenvalue weighted by molar-refractivity contribution is -0.130. The van der Waals surface area contributed by atoms with Gasteiger partial charge in [-0.2, -0.15) is 0 Å². The highest BCUT2D eigenvalue weighted by Gasteiger charge is 2.38. The molecule has 0 saturated carbocycles. The molecule has 1 heterocycles. The molecule has 3 amide bonds. The third-order valence-corrected chi connectivity index (χ3v) is 5.35. The van der Waals surface area contributed by atoms with Crippen LogP contribution in [0.25, 0.3) is 0 Å². The van der Waals surface area contributed by atoms with Gasteiger partial charge in [0.15, 0.2) is 0 Å². The van der Waals surface area contributed by atoms with Crippen molar-refractivity contribution in [2.75, 3.05) is 18.4 Å². The Labute approximate surface area is 141 Å². The SMILES string of the molecule is CCCN[C@H]1CCCN(P(N)(=O)NC(=O)Nc2ccccc2)C1=O. The number of nitrogens with zero attached hydrogens (tertiary/aromatic N) is 1. The molecule has 1 unspecified atom stereocenters. The number of piperidine rings is 1. The van der Waals surface area contributed by atoms with Crippen LogP contribution in [-0.4, -0.2) is 35.7 Å². The van der Waals surface area contributed by atoms with Crippen LogP contribution in [0.5, 0.6) is 0 Å². The number of nitrogens with two attached hydrogens (primary N) is 1. The molecule has 0 radical (unpaired) electrons. The van der Waals surface area contributed by atoms with Gasteiger partial charge in [0.1, 0.15) is 0 Å². The predicted molar refractivity (Wildman–Crippen MR) is 93.4 cm³/mol. The first-order valence-corrected chi connectivity index (χ1v) is 9.75. The zero-order chi connectivity index (χ0) is 17.6. The van der Waals surface area contributed by atoms with Gasteiger partial charge in [0.05, 0.1) is 6.04 Å². The number of anilines is 1. The number of hydrogen-bond acceptors (Lipinski definition) is 4. The summed E-state index contributed by atoms with van der Waals surface area (Å²) in [6.07, 6.45) is 2.24. The van der Waals surface area contributed by atoms with Crippen LogP contribution in [0.4, 0.5) is 10.5 Å². The normalized spacial score (nSPS) is 20.3. The van der Waals surface area contributed by atoms with E-state index in [9.17, 15) is 14.2 Å². The fraction of sp³-hybridized carbons (Fsp3) is 0.467. The van der Waals surface area contributed by atoms with Gasteiger partial charge in [-0.25, -0.2) is 10.3 Å². The zero-order valence-corrected chi connectivity index (χ0v) is 14.6. The highest BCUT2D eigenvalue weighted by atomic mass is 31.2. The van der Waals surface area contributed by atoms with E-state index in [0.717, 1.165) is 11.1 Å². The van der Waals surface area contributed by atoms with E-state index in [2.05, 4.69) is 15.7 Å². The summed E-state index contributed by atoms with van der Waals surface area (Å²) in [5, 5.41) is 7.90. The number of rotatable bonds is 6. The summed E-state index contributed by atoms with van der Waals surface area (Å²) in [6.45, 7) is 2.96. The Morgan fingerprint density at radius 2 is 2.08 bits per heavy atom. The third kappa shape index (κ3) is 4.80. The first kappa shape index (κ1) is 18.4. The molecule has 2 atom stereocenters. The maximum absolute atomic E-state index is 12.7. The average Bonchev–Trinajstić information content (AvgIpc) is 2.54. The molecule has 9 heteroatoms. The van der Waals surface area contributed by atoms with Crippen molar-refractivity contribution in [3.8, 4) is 0 Å². The van der Waals surface area contributed by atoms with Gasteiger partial charge < -0.3 is 10.6 Å². The smallest absolute Gasteiger partial charge is 0.308 e. The van der Waals surface area contributed by atoms with Gasteiger partial charge in [-0.1, -0.05) is 25.1 Å². The maximum Gasteiger partial charge on any atom is 0.333 e. The predicted octanol–water partition coefficient (Wildman–Crippen LogP) is 1.87. The Morgan fingerprint density at radius 1 is 1.38 bits per heavy atom. The molecule has 24 heavy (non-hydrogen) atoms. The molecule has 8 nitrogen and oxygen atoms in total. The number of amides is 3. The van der Waals surface area contributed by atoms with Crippen LogP contribution in [0.2, 0.25) is 0 Å². The molecule has 0 spiro atoms. The molecule has 1 aliphatic heterocycles. The molecule has 1 aromatic carbocycles. The van der Waals surface area contributed by atoms with Crippen molar-refractivity contribution >= 4 is 25.2 Å². The van der Waals surface area contributed by atoms with Gasteiger partial charge in [-0.05, 0) is 37.9 Å². The largest absolute Gasteiger partial charge is 0.333 e. The average molecular weight is 353 g/mol. The molecular formula is C15H24N5O3P. The van der Waals surface area contributed by atoms with E-state index in [0.29, 0.717) is 25.1 Å². The number of para-hydroxylation sites is 1. The Morgan fingerprint density at radius 3 is 2.75 bits per heavy atom. The van der Waals surface area contributed by atoms with Crippen molar-refractivity contribution in [1.29, 1.82) is 0 Å². The van der Waals surface area contributed by atoms with Crippen molar-refractivity contribution in [2.24, 2.45) is 5.50 Å². The summed E-state index contributed by atoms with van der Waals surface area (Å²) in [7, 11) is -3.80. The summed E-state index contributed by atoms with van der Waals surface area (Å²) in [6, 6.07) is 7.60. The van der Waals surface area contributed by atoms with Crippen LogP contribution in [0.1, 0.15) is 26.2 Å². The molecule has 1 fully saturated rings. The summed E-state index contributed by atoms with van der Waals surface area (Å²) >= 11 is 0. The van der Waals surface area contributed by atoms with Gasteiger partial charge in [-0.3, -0.25) is 19.1 Å². The minimum Gasteiger partial charge on any atom is -0.308 e. The Kier molecular flexibility index (Phi) is 6.36. The van der Waals surface area contributed by atoms with Crippen molar-refractivity contribution in [3.05, 3.63) is 30.3 Å². The first-order valence-electron chi connectivity index (χ1n) is 8.02. The van der Waals surface area contributed by atoms with Gasteiger partial charge >= 0.3 is 13.6 Å². The second kappa shape index (κ2) is 8.28. The second-order valence-electron chi connectivity index (χ2n) is 5.67. The van der Waals surface area contributed by atoms with Crippen molar-refractivity contribution < 1.29 is 14.2 Å². The van der Waals surface area contributed by atoms with Gasteiger partial charge in [0, 0.05) is 12.2 Å². The zero-order valence-electron chi connectivity index (χ0n) is 13.7. The molecule has 0 bridgehead atoms. The van der Waals surface area contributed by atoms with Crippen LogP contribution >= 0.6 is 7.59 Å². The van der Waals surface area contributed by atoms with Crippen LogP contribution in [-0.2, 0) is 9.36 Å². The molecule has 0 aromatic heterocycles. The summed E-state index contributed by atoms with van der Waals surface area (Å²) in [4.78, 5) is 24.5. The van der Waals surface area contributed by atoms with E-state index in [-0.39, 0.29) is 12.5 Å². The Hall–Kier alpha value is -1.89. The van der Waals surface area contributed by atoms with Gasteiger partial charge in [0.2, 0.25) is 5.91 Å². The highest BCUT2D eigenvalue weighted by molar-refractivity contribution is 7.58. The monoisotopic (exact) mass is 353 g/mol. The number of nitrogens with one attached hydrogen (secondary N) is 3. The van der Waals surface area contributed by atoms with Crippen LogP contribution in [0, 0.1) is 0 Å². The molecule has 1 saturated heterocycles. The molecule has 5 N–H and O–H groups in total. The molecule has 1 aliphatic rings. The van der Waals surface area contributed by atoms with Gasteiger partial charge in [0.25, 0.3) is 0 Å². The molecular weight excluding hydrogens is 329 g/mol. The van der Waals surface area contributed by atoms with Crippen molar-refractivity contribution in [3.63, 3.8) is 0 Å². The van der Waals surface area contributed by atoms with Crippen molar-refractivity contribution in [2.45, 2.75) is 32.2 Å². The fourth-order valence-electron chi connectivity index (χ4n) is 2.55. The summed E-state index contributed by atoms with van der Waals surface area (Å²) in [5.74, 6) is -0.333. The fourth-order valence-corrected chi connectivity index (χ4v) is 3.89. The molecule has 1 aromatic rings. The number of hydrogen-bond donors (Lipinski definition) is 4. The summed E-state index contributed by atoms with van der Waals surface area (Å²) < 4.78 is 13.8. The molecule has 132 valence electrons. The number of urea groups is 1. The van der Waals surface area contributed by atoms with Crippen molar-refractivity contribution in [1.82, 2.24) is 15.1 Å². The topological polar surface area (TPSA) is 117 Å². The minimum absolute atomic E-state index is 0.266. The molecule has 0 aliphatic carbocycles. The van der Waals surface area contributed by atoms with E-state index in [1.54, 1.807) is 24.3 Å². The Balaban J connectivity index is 1.99. The van der Waals surface area contributed by atoms with E-state index in [4.69, 9.17) is 5.50 Å². The standard InChI is InChI=1S/C15H24N5O3P/c1-2-10-17-13-9-6-11-20(14(13)21)24(16,23)19-15(22)18-12-7-4-3-5-8-12/h3-5,7-8,13,17H,2,6,9-11H2,1H3,(H4,16,18,19,22,23)/t13-,24?/m0/s1. The highest BCUT2D eigenvalue weighted by Crippen LogP contribution is 2.39. The lowest BCUT2D eigenvalue weighted by atomic mass is 10.1. The quantitative estimate of drug-likeness (QED) is 0.583. The van der Waals surface area contributed by atoms with Crippen LogP contribution in [0.15, 0.2) is 30.3 Å². The number of benzene rings is 1. The van der Waals surface area contributed by atoms with Crippen LogP contribution in [0.3, 0.4) is 0 Å². The van der Waals surface area contributed by atoms with E-state index in [1.165, 1.54) is 0 Å². The first-order chi connectivity index (χ1) is 11.4. The van der Waals surface area contributed by atoms with Gasteiger partial charge in [-0.15, -0.1) is 0 Å². The van der Waals surface area contributed by atoms with Crippen LogP contribution < -0.4 is 21.2 Å². The lowest BCUT2D eigenvalue weighted by Crippen LogP contribution is -2.52. The Bertz CT molecular complexity index is 625. The molecule has 2 rings (SSSR count). The lowest BCUT2D eigenvalue weighted by Gasteiger charge is -2.35. The van der Waals surface area contributed by atoms with E-state index < -0.39 is 19.7 Å². The third-order valence-electron chi connectivity index (χ3n) is 3.71. The number of carbonyl (C=O) groups is 2. The summed E-state index contributed by atoms with van der Waals surface area (Å²) in [5.41, 5.74) is 6.33. The van der Waals surface area contributed by atoms with E-state index in [1.807, 2.05) is 13.0 Å². The maximum atomic E-state index is 12.7.